The average molecular weight is 366 g/mol. The lowest BCUT2D eigenvalue weighted by Gasteiger charge is -2.07. The second-order valence-corrected chi connectivity index (χ2v) is 6.95. The molecule has 1 amide bonds. The molecule has 0 saturated carbocycles. The molecule has 0 radical (unpaired) electrons. The van der Waals surface area contributed by atoms with Crippen molar-refractivity contribution >= 4 is 23.4 Å². The summed E-state index contributed by atoms with van der Waals surface area (Å²) in [6.45, 7) is 2.10. The molecule has 0 aliphatic heterocycles. The minimum Gasteiger partial charge on any atom is -0.325 e. The number of nitrogens with zero attached hydrogens (tertiary/aromatic N) is 3. The van der Waals surface area contributed by atoms with Crippen LogP contribution in [-0.2, 0) is 24.7 Å². The first-order chi connectivity index (χ1) is 12.7. The smallest absolute Gasteiger partial charge is 0.234 e. The van der Waals surface area contributed by atoms with Crippen molar-refractivity contribution < 1.29 is 4.79 Å². The fourth-order valence-electron chi connectivity index (χ4n) is 2.60. The van der Waals surface area contributed by atoms with Gasteiger partial charge in [0.15, 0.2) is 5.16 Å². The Morgan fingerprint density at radius 2 is 1.85 bits per heavy atom. The lowest BCUT2D eigenvalue weighted by Crippen LogP contribution is -2.14. The van der Waals surface area contributed by atoms with Gasteiger partial charge < -0.3 is 9.88 Å². The van der Waals surface area contributed by atoms with E-state index in [9.17, 15) is 4.79 Å². The quantitative estimate of drug-likeness (QED) is 0.648. The van der Waals surface area contributed by atoms with E-state index in [0.717, 1.165) is 29.5 Å². The van der Waals surface area contributed by atoms with Gasteiger partial charge >= 0.3 is 0 Å². The molecule has 26 heavy (non-hydrogen) atoms. The third-order valence-corrected chi connectivity index (χ3v) is 5.10. The van der Waals surface area contributed by atoms with E-state index in [1.54, 1.807) is 0 Å². The number of benzene rings is 2. The maximum atomic E-state index is 12.2. The van der Waals surface area contributed by atoms with E-state index in [2.05, 4.69) is 40.6 Å². The summed E-state index contributed by atoms with van der Waals surface area (Å²) in [4.78, 5) is 12.2. The Morgan fingerprint density at radius 1 is 1.08 bits per heavy atom. The van der Waals surface area contributed by atoms with Crippen molar-refractivity contribution in [1.29, 1.82) is 0 Å². The summed E-state index contributed by atoms with van der Waals surface area (Å²) >= 11 is 1.39. The van der Waals surface area contributed by atoms with E-state index in [-0.39, 0.29) is 5.91 Å². The number of amides is 1. The zero-order valence-electron chi connectivity index (χ0n) is 15.0. The highest BCUT2D eigenvalue weighted by Gasteiger charge is 2.12. The third kappa shape index (κ3) is 4.73. The summed E-state index contributed by atoms with van der Waals surface area (Å²) in [6.07, 6.45) is 1.67. The molecule has 3 rings (SSSR count). The summed E-state index contributed by atoms with van der Waals surface area (Å²) in [5.74, 6) is 1.14. The molecular formula is C20H22N4OS. The molecule has 1 aromatic heterocycles. The second kappa shape index (κ2) is 8.67. The van der Waals surface area contributed by atoms with Crippen LogP contribution in [0.1, 0.15) is 23.9 Å². The molecule has 0 aliphatic carbocycles. The van der Waals surface area contributed by atoms with Gasteiger partial charge in [0, 0.05) is 19.2 Å². The minimum atomic E-state index is -0.0455. The van der Waals surface area contributed by atoms with Crippen molar-refractivity contribution in [2.75, 3.05) is 11.1 Å². The SMILES string of the molecule is CCc1cccc(NC(=O)CSc2nnc(Cc3ccccc3)n2C)c1. The van der Waals surface area contributed by atoms with Crippen LogP contribution in [-0.4, -0.2) is 26.4 Å². The van der Waals surface area contributed by atoms with Crippen molar-refractivity contribution in [2.45, 2.75) is 24.9 Å². The van der Waals surface area contributed by atoms with Crippen LogP contribution in [0.25, 0.3) is 0 Å². The summed E-state index contributed by atoms with van der Waals surface area (Å²) in [5, 5.41) is 12.1. The molecular weight excluding hydrogens is 344 g/mol. The first-order valence-corrected chi connectivity index (χ1v) is 9.58. The highest BCUT2D eigenvalue weighted by atomic mass is 32.2. The van der Waals surface area contributed by atoms with E-state index in [0.29, 0.717) is 5.75 Å². The van der Waals surface area contributed by atoms with Crippen LogP contribution in [0, 0.1) is 0 Å². The molecule has 0 aliphatic rings. The Labute approximate surface area is 157 Å². The van der Waals surface area contributed by atoms with Crippen molar-refractivity contribution in [3.8, 4) is 0 Å². The highest BCUT2D eigenvalue weighted by molar-refractivity contribution is 7.99. The van der Waals surface area contributed by atoms with Gasteiger partial charge in [-0.1, -0.05) is 61.2 Å². The van der Waals surface area contributed by atoms with Gasteiger partial charge in [0.25, 0.3) is 0 Å². The van der Waals surface area contributed by atoms with Gasteiger partial charge in [-0.25, -0.2) is 0 Å². The Balaban J connectivity index is 1.57. The Bertz CT molecular complexity index is 877. The molecule has 1 heterocycles. The van der Waals surface area contributed by atoms with Gasteiger partial charge in [-0.3, -0.25) is 4.79 Å². The summed E-state index contributed by atoms with van der Waals surface area (Å²) < 4.78 is 1.95. The molecule has 2 aromatic carbocycles. The van der Waals surface area contributed by atoms with Gasteiger partial charge in [-0.2, -0.15) is 0 Å². The van der Waals surface area contributed by atoms with Crippen molar-refractivity contribution in [3.05, 3.63) is 71.5 Å². The van der Waals surface area contributed by atoms with E-state index in [4.69, 9.17) is 0 Å². The van der Waals surface area contributed by atoms with E-state index >= 15 is 0 Å². The topological polar surface area (TPSA) is 59.8 Å². The molecule has 134 valence electrons. The number of anilines is 1. The minimum absolute atomic E-state index is 0.0455. The standard InChI is InChI=1S/C20H22N4OS/c1-3-15-10-7-11-17(12-15)21-19(25)14-26-20-23-22-18(24(20)2)13-16-8-5-4-6-9-16/h4-12H,3,13-14H2,1-2H3,(H,21,25). The summed E-state index contributed by atoms with van der Waals surface area (Å²) in [5.41, 5.74) is 3.22. The number of hydrogen-bond acceptors (Lipinski definition) is 4. The average Bonchev–Trinajstić information content (AvgIpc) is 3.01. The number of aryl methyl sites for hydroxylation is 1. The molecule has 1 N–H and O–H groups in total. The lowest BCUT2D eigenvalue weighted by atomic mass is 10.1. The maximum Gasteiger partial charge on any atom is 0.234 e. The Kier molecular flexibility index (Phi) is 6.07. The van der Waals surface area contributed by atoms with Gasteiger partial charge in [-0.15, -0.1) is 10.2 Å². The third-order valence-electron chi connectivity index (χ3n) is 4.08. The summed E-state index contributed by atoms with van der Waals surface area (Å²) in [6, 6.07) is 18.1. The van der Waals surface area contributed by atoms with E-state index < -0.39 is 0 Å². The number of aromatic nitrogens is 3. The molecule has 0 saturated heterocycles. The molecule has 6 heteroatoms. The summed E-state index contributed by atoms with van der Waals surface area (Å²) in [7, 11) is 1.93. The predicted molar refractivity (Wildman–Crippen MR) is 105 cm³/mol. The molecule has 3 aromatic rings. The largest absolute Gasteiger partial charge is 0.325 e. The van der Waals surface area contributed by atoms with Gasteiger partial charge in [0.05, 0.1) is 5.75 Å². The first kappa shape index (κ1) is 18.2. The maximum absolute atomic E-state index is 12.2. The first-order valence-electron chi connectivity index (χ1n) is 8.59. The predicted octanol–water partition coefficient (Wildman–Crippen LogP) is 3.70. The van der Waals surface area contributed by atoms with Crippen LogP contribution in [0.3, 0.4) is 0 Å². The normalized spacial score (nSPS) is 10.7. The van der Waals surface area contributed by atoms with E-state index in [1.165, 1.54) is 22.9 Å². The number of thioether (sulfide) groups is 1. The van der Waals surface area contributed by atoms with Gasteiger partial charge in [0.2, 0.25) is 5.91 Å². The van der Waals surface area contributed by atoms with Crippen LogP contribution in [0.4, 0.5) is 5.69 Å². The molecule has 0 spiro atoms. The molecule has 0 unspecified atom stereocenters. The molecule has 5 nitrogen and oxygen atoms in total. The van der Waals surface area contributed by atoms with E-state index in [1.807, 2.05) is 48.0 Å². The van der Waals surface area contributed by atoms with Crippen LogP contribution >= 0.6 is 11.8 Å². The van der Waals surface area contributed by atoms with Crippen LogP contribution in [0.15, 0.2) is 59.8 Å². The molecule has 0 atom stereocenters. The van der Waals surface area contributed by atoms with Crippen LogP contribution < -0.4 is 5.32 Å². The Hall–Kier alpha value is -2.60. The monoisotopic (exact) mass is 366 g/mol. The van der Waals surface area contributed by atoms with Crippen LogP contribution in [0.5, 0.6) is 0 Å². The van der Waals surface area contributed by atoms with Crippen molar-refractivity contribution in [2.24, 2.45) is 7.05 Å². The number of carbonyl (C=O) groups excluding carboxylic acids is 1. The zero-order valence-corrected chi connectivity index (χ0v) is 15.8. The second-order valence-electron chi connectivity index (χ2n) is 6.01. The zero-order chi connectivity index (χ0) is 18.4. The van der Waals surface area contributed by atoms with Crippen LogP contribution in [0.2, 0.25) is 0 Å². The number of rotatable bonds is 7. The van der Waals surface area contributed by atoms with Crippen molar-refractivity contribution in [1.82, 2.24) is 14.8 Å². The number of hydrogen-bond donors (Lipinski definition) is 1. The Morgan fingerprint density at radius 3 is 2.62 bits per heavy atom. The van der Waals surface area contributed by atoms with Crippen molar-refractivity contribution in [3.63, 3.8) is 0 Å². The fraction of sp³-hybridized carbons (Fsp3) is 0.250. The van der Waals surface area contributed by atoms with Gasteiger partial charge in [0.1, 0.15) is 5.82 Å². The lowest BCUT2D eigenvalue weighted by molar-refractivity contribution is -0.113. The molecule has 0 bridgehead atoms. The molecule has 0 fully saturated rings. The number of carbonyl (C=O) groups is 1. The number of nitrogens with one attached hydrogen (secondary N) is 1. The highest BCUT2D eigenvalue weighted by Crippen LogP contribution is 2.18. The fourth-order valence-corrected chi connectivity index (χ4v) is 3.33. The van der Waals surface area contributed by atoms with Gasteiger partial charge in [-0.05, 0) is 29.7 Å².